The Morgan fingerprint density at radius 2 is 1.82 bits per heavy atom. The molecule has 0 saturated carbocycles. The van der Waals surface area contributed by atoms with E-state index in [2.05, 4.69) is 4.72 Å². The molecule has 1 N–H and O–H groups in total. The summed E-state index contributed by atoms with van der Waals surface area (Å²) in [6.45, 7) is 8.38. The third-order valence-electron chi connectivity index (χ3n) is 6.31. The molecular formula is C25H31N3O4S. The monoisotopic (exact) mass is 469 g/mol. The highest BCUT2D eigenvalue weighted by atomic mass is 32.2. The first-order valence-corrected chi connectivity index (χ1v) is 12.9. The van der Waals surface area contributed by atoms with Crippen molar-refractivity contribution in [1.29, 1.82) is 0 Å². The molecule has 0 saturated heterocycles. The molecule has 0 aromatic heterocycles. The molecule has 2 aliphatic heterocycles. The van der Waals surface area contributed by atoms with Crippen LogP contribution in [0, 0.1) is 5.92 Å². The summed E-state index contributed by atoms with van der Waals surface area (Å²) in [5, 5.41) is 0. The predicted molar refractivity (Wildman–Crippen MR) is 129 cm³/mol. The smallest absolute Gasteiger partial charge is 0.240 e. The van der Waals surface area contributed by atoms with Crippen LogP contribution in [0.1, 0.15) is 50.8 Å². The topological polar surface area (TPSA) is 86.8 Å². The van der Waals surface area contributed by atoms with Crippen molar-refractivity contribution < 1.29 is 18.0 Å². The number of carbonyl (C=O) groups excluding carboxylic acids is 2. The second-order valence-corrected chi connectivity index (χ2v) is 11.2. The quantitative estimate of drug-likeness (QED) is 0.703. The molecular weight excluding hydrogens is 438 g/mol. The van der Waals surface area contributed by atoms with Gasteiger partial charge in [0.25, 0.3) is 0 Å². The molecule has 2 heterocycles. The van der Waals surface area contributed by atoms with Crippen LogP contribution in [0.3, 0.4) is 0 Å². The zero-order valence-corrected chi connectivity index (χ0v) is 20.4. The van der Waals surface area contributed by atoms with Crippen LogP contribution in [0.2, 0.25) is 0 Å². The second-order valence-electron chi connectivity index (χ2n) is 9.41. The van der Waals surface area contributed by atoms with Gasteiger partial charge in [0.2, 0.25) is 21.8 Å². The number of carbonyl (C=O) groups is 2. The first-order chi connectivity index (χ1) is 15.6. The molecule has 176 valence electrons. The van der Waals surface area contributed by atoms with Crippen molar-refractivity contribution in [3.63, 3.8) is 0 Å². The molecule has 0 fully saturated rings. The Bertz CT molecular complexity index is 1210. The molecule has 4 rings (SSSR count). The van der Waals surface area contributed by atoms with Gasteiger partial charge in [-0.15, -0.1) is 0 Å². The van der Waals surface area contributed by atoms with Crippen LogP contribution >= 0.6 is 0 Å². The standard InChI is InChI=1S/C25H31N3O4S/c1-16(2)11-25(30)27-10-9-20-13-19(5-7-23(20)27)15-26-33(31,32)22-6-8-24-21(14-22)12-17(3)28(24)18(4)29/h5-8,13-14,16-17,26H,9-12,15H2,1-4H3/t17-/m1/s1. The summed E-state index contributed by atoms with van der Waals surface area (Å²) in [7, 11) is -3.71. The molecule has 2 amide bonds. The molecule has 2 aromatic carbocycles. The van der Waals surface area contributed by atoms with Crippen LogP contribution in [0.25, 0.3) is 0 Å². The normalized spacial score (nSPS) is 17.4. The molecule has 0 bridgehead atoms. The molecule has 0 unspecified atom stereocenters. The Hall–Kier alpha value is -2.71. The number of anilines is 2. The lowest BCUT2D eigenvalue weighted by molar-refractivity contribution is -0.119. The number of nitrogens with one attached hydrogen (secondary N) is 1. The Morgan fingerprint density at radius 1 is 1.09 bits per heavy atom. The molecule has 7 nitrogen and oxygen atoms in total. The number of hydrogen-bond acceptors (Lipinski definition) is 4. The lowest BCUT2D eigenvalue weighted by atomic mass is 10.1. The van der Waals surface area contributed by atoms with Gasteiger partial charge in [0.1, 0.15) is 0 Å². The van der Waals surface area contributed by atoms with E-state index in [4.69, 9.17) is 0 Å². The molecule has 8 heteroatoms. The Morgan fingerprint density at radius 3 is 2.52 bits per heavy atom. The lowest BCUT2D eigenvalue weighted by Gasteiger charge is -2.20. The van der Waals surface area contributed by atoms with E-state index in [0.29, 0.717) is 25.3 Å². The van der Waals surface area contributed by atoms with Crippen molar-refractivity contribution in [2.45, 2.75) is 64.4 Å². The third-order valence-corrected chi connectivity index (χ3v) is 7.70. The van der Waals surface area contributed by atoms with Gasteiger partial charge in [-0.05, 0) is 66.6 Å². The van der Waals surface area contributed by atoms with Crippen LogP contribution in [-0.4, -0.2) is 32.8 Å². The molecule has 2 aromatic rings. The van der Waals surface area contributed by atoms with Crippen LogP contribution in [-0.2, 0) is 39.0 Å². The predicted octanol–water partition coefficient (Wildman–Crippen LogP) is 3.40. The molecule has 0 aliphatic carbocycles. The summed E-state index contributed by atoms with van der Waals surface area (Å²) in [6, 6.07) is 10.7. The van der Waals surface area contributed by atoms with Crippen molar-refractivity contribution in [2.75, 3.05) is 16.3 Å². The van der Waals surface area contributed by atoms with E-state index in [1.807, 2.05) is 43.9 Å². The zero-order valence-electron chi connectivity index (χ0n) is 19.6. The fourth-order valence-electron chi connectivity index (χ4n) is 4.80. The van der Waals surface area contributed by atoms with Crippen LogP contribution in [0.4, 0.5) is 11.4 Å². The first kappa shape index (κ1) is 23.4. The van der Waals surface area contributed by atoms with Gasteiger partial charge in [0.15, 0.2) is 0 Å². The summed E-state index contributed by atoms with van der Waals surface area (Å²) in [4.78, 5) is 28.1. The van der Waals surface area contributed by atoms with E-state index < -0.39 is 10.0 Å². The van der Waals surface area contributed by atoms with Gasteiger partial charge in [-0.3, -0.25) is 9.59 Å². The maximum atomic E-state index is 12.9. The van der Waals surface area contributed by atoms with Crippen molar-refractivity contribution in [3.05, 3.63) is 53.1 Å². The second kappa shape index (κ2) is 8.91. The fourth-order valence-corrected chi connectivity index (χ4v) is 5.87. The largest absolute Gasteiger partial charge is 0.312 e. The third kappa shape index (κ3) is 4.68. The molecule has 33 heavy (non-hydrogen) atoms. The number of rotatable bonds is 6. The Labute approximate surface area is 195 Å². The summed E-state index contributed by atoms with van der Waals surface area (Å²) in [6.07, 6.45) is 1.93. The highest BCUT2D eigenvalue weighted by Gasteiger charge is 2.30. The highest BCUT2D eigenvalue weighted by Crippen LogP contribution is 2.34. The van der Waals surface area contributed by atoms with Crippen molar-refractivity contribution in [2.24, 2.45) is 5.92 Å². The number of fused-ring (bicyclic) bond motifs is 2. The minimum Gasteiger partial charge on any atom is -0.312 e. The maximum Gasteiger partial charge on any atom is 0.240 e. The summed E-state index contributed by atoms with van der Waals surface area (Å²) in [5.74, 6) is 0.394. The van der Waals surface area contributed by atoms with Gasteiger partial charge < -0.3 is 9.80 Å². The average Bonchev–Trinajstić information content (AvgIpc) is 3.30. The van der Waals surface area contributed by atoms with Crippen LogP contribution in [0.5, 0.6) is 0 Å². The molecule has 0 spiro atoms. The number of sulfonamides is 1. The highest BCUT2D eigenvalue weighted by molar-refractivity contribution is 7.89. The van der Waals surface area contributed by atoms with Crippen molar-refractivity contribution >= 4 is 33.2 Å². The fraction of sp³-hybridized carbons (Fsp3) is 0.440. The number of amides is 2. The first-order valence-electron chi connectivity index (χ1n) is 11.4. The van der Waals surface area contributed by atoms with Crippen molar-refractivity contribution in [3.8, 4) is 0 Å². The van der Waals surface area contributed by atoms with Gasteiger partial charge in [0, 0.05) is 43.9 Å². The lowest BCUT2D eigenvalue weighted by Crippen LogP contribution is -2.33. The molecule has 1 atom stereocenters. The Kier molecular flexibility index (Phi) is 6.33. The van der Waals surface area contributed by atoms with E-state index in [9.17, 15) is 18.0 Å². The number of benzene rings is 2. The number of nitrogens with zero attached hydrogens (tertiary/aromatic N) is 2. The molecule has 2 aliphatic rings. The zero-order chi connectivity index (χ0) is 23.9. The van der Waals surface area contributed by atoms with E-state index >= 15 is 0 Å². The number of hydrogen-bond donors (Lipinski definition) is 1. The van der Waals surface area contributed by atoms with Crippen LogP contribution < -0.4 is 14.5 Å². The van der Waals surface area contributed by atoms with E-state index in [0.717, 1.165) is 34.5 Å². The minimum atomic E-state index is -3.71. The average molecular weight is 470 g/mol. The van der Waals surface area contributed by atoms with Gasteiger partial charge in [-0.2, -0.15) is 0 Å². The minimum absolute atomic E-state index is 0.0156. The van der Waals surface area contributed by atoms with Gasteiger partial charge >= 0.3 is 0 Å². The molecule has 0 radical (unpaired) electrons. The van der Waals surface area contributed by atoms with Gasteiger partial charge in [-0.25, -0.2) is 13.1 Å². The summed E-state index contributed by atoms with van der Waals surface area (Å²) >= 11 is 0. The summed E-state index contributed by atoms with van der Waals surface area (Å²) in [5.41, 5.74) is 4.50. The maximum absolute atomic E-state index is 12.9. The van der Waals surface area contributed by atoms with E-state index in [1.165, 1.54) is 6.92 Å². The van der Waals surface area contributed by atoms with E-state index in [-0.39, 0.29) is 29.3 Å². The van der Waals surface area contributed by atoms with Crippen LogP contribution in [0.15, 0.2) is 41.3 Å². The van der Waals surface area contributed by atoms with E-state index in [1.54, 1.807) is 23.1 Å². The van der Waals surface area contributed by atoms with Gasteiger partial charge in [0.05, 0.1) is 4.90 Å². The van der Waals surface area contributed by atoms with Gasteiger partial charge in [-0.1, -0.05) is 26.0 Å². The SMILES string of the molecule is CC(=O)N1c2ccc(S(=O)(=O)NCc3ccc4c(c3)CCN4C(=O)CC(C)C)cc2C[C@H]1C. The van der Waals surface area contributed by atoms with Crippen molar-refractivity contribution in [1.82, 2.24) is 4.72 Å². The summed E-state index contributed by atoms with van der Waals surface area (Å²) < 4.78 is 28.6. The Balaban J connectivity index is 1.46.